The molecule has 0 bridgehead atoms. The number of para-hydroxylation sites is 1. The fourth-order valence-electron chi connectivity index (χ4n) is 4.17. The molecule has 1 aromatic heterocycles. The summed E-state index contributed by atoms with van der Waals surface area (Å²) in [6.07, 6.45) is 1.84. The van der Waals surface area contributed by atoms with E-state index in [1.165, 1.54) is 43.7 Å². The highest BCUT2D eigenvalue weighted by molar-refractivity contribution is 7.14. The molecular weight excluding hydrogens is 402 g/mol. The number of phenols is 1. The zero-order valence-electron chi connectivity index (χ0n) is 16.4. The predicted molar refractivity (Wildman–Crippen MR) is 131 cm³/mol. The Morgan fingerprint density at radius 3 is 2.39 bits per heavy atom. The minimum absolute atomic E-state index is 0.219. The quantitative estimate of drug-likeness (QED) is 0.186. The van der Waals surface area contributed by atoms with E-state index < -0.39 is 0 Å². The fourth-order valence-corrected chi connectivity index (χ4v) is 4.83. The average Bonchev–Trinajstić information content (AvgIpc) is 3.27. The summed E-state index contributed by atoms with van der Waals surface area (Å²) in [6.45, 7) is 0. The van der Waals surface area contributed by atoms with Crippen molar-refractivity contribution in [2.45, 2.75) is 0 Å². The molecule has 4 nitrogen and oxygen atoms in total. The molecule has 1 heterocycles. The van der Waals surface area contributed by atoms with Crippen molar-refractivity contribution in [2.75, 3.05) is 5.43 Å². The van der Waals surface area contributed by atoms with Gasteiger partial charge in [-0.15, -0.1) is 11.3 Å². The Labute approximate surface area is 182 Å². The van der Waals surface area contributed by atoms with Gasteiger partial charge in [-0.25, -0.2) is 4.98 Å². The Morgan fingerprint density at radius 1 is 0.806 bits per heavy atom. The van der Waals surface area contributed by atoms with Crippen molar-refractivity contribution >= 4 is 55.0 Å². The third kappa shape index (κ3) is 2.98. The van der Waals surface area contributed by atoms with Crippen LogP contribution in [-0.2, 0) is 0 Å². The van der Waals surface area contributed by atoms with Crippen LogP contribution in [-0.4, -0.2) is 16.3 Å². The van der Waals surface area contributed by atoms with Gasteiger partial charge in [-0.05, 0) is 44.5 Å². The van der Waals surface area contributed by atoms with Crippen LogP contribution in [0.1, 0.15) is 5.56 Å². The standard InChI is InChI=1S/C26H17N3OS/c30-23-7-2-1-6-21(23)22-15-31-26(28-22)29-27-14-19-11-10-18-9-8-16-4-3-5-17-12-13-20(19)25(18)24(16)17/h1-15,30H,(H,28,29)/b27-14+. The number of anilines is 1. The molecule has 0 amide bonds. The van der Waals surface area contributed by atoms with Crippen LogP contribution < -0.4 is 5.43 Å². The number of phenolic OH excluding ortho intramolecular Hbond substituents is 1. The number of thiazole rings is 1. The molecule has 0 aliphatic carbocycles. The van der Waals surface area contributed by atoms with E-state index in [2.05, 4.69) is 70.1 Å². The van der Waals surface area contributed by atoms with E-state index in [0.717, 1.165) is 11.3 Å². The maximum atomic E-state index is 10.0. The minimum Gasteiger partial charge on any atom is -0.507 e. The molecule has 0 radical (unpaired) electrons. The van der Waals surface area contributed by atoms with Crippen molar-refractivity contribution in [3.8, 4) is 17.0 Å². The third-order valence-electron chi connectivity index (χ3n) is 5.61. The minimum atomic E-state index is 0.219. The van der Waals surface area contributed by atoms with E-state index in [-0.39, 0.29) is 5.75 Å². The molecule has 2 N–H and O–H groups in total. The second-order valence-electron chi connectivity index (χ2n) is 7.44. The van der Waals surface area contributed by atoms with Gasteiger partial charge in [-0.1, -0.05) is 66.7 Å². The van der Waals surface area contributed by atoms with Crippen molar-refractivity contribution in [1.82, 2.24) is 4.98 Å². The van der Waals surface area contributed by atoms with E-state index in [0.29, 0.717) is 10.7 Å². The smallest absolute Gasteiger partial charge is 0.203 e. The molecule has 148 valence electrons. The van der Waals surface area contributed by atoms with E-state index in [4.69, 9.17) is 0 Å². The molecule has 0 aliphatic heterocycles. The normalized spacial score (nSPS) is 11.9. The van der Waals surface area contributed by atoms with Gasteiger partial charge in [0.05, 0.1) is 11.9 Å². The fraction of sp³-hybridized carbons (Fsp3) is 0. The van der Waals surface area contributed by atoms with Crippen molar-refractivity contribution in [2.24, 2.45) is 5.10 Å². The molecule has 0 atom stereocenters. The maximum absolute atomic E-state index is 10.0. The molecule has 5 heteroatoms. The van der Waals surface area contributed by atoms with Gasteiger partial charge in [-0.3, -0.25) is 5.43 Å². The van der Waals surface area contributed by atoms with Crippen LogP contribution in [0.2, 0.25) is 0 Å². The Kier molecular flexibility index (Phi) is 4.08. The summed E-state index contributed by atoms with van der Waals surface area (Å²) in [7, 11) is 0. The monoisotopic (exact) mass is 419 g/mol. The topological polar surface area (TPSA) is 57.5 Å². The highest BCUT2D eigenvalue weighted by Crippen LogP contribution is 2.35. The first-order chi connectivity index (χ1) is 15.3. The Bertz CT molecular complexity index is 1570. The zero-order chi connectivity index (χ0) is 20.8. The van der Waals surface area contributed by atoms with Gasteiger partial charge in [0.2, 0.25) is 5.13 Å². The van der Waals surface area contributed by atoms with Crippen molar-refractivity contribution < 1.29 is 5.11 Å². The molecule has 0 aliphatic rings. The van der Waals surface area contributed by atoms with Gasteiger partial charge in [0.15, 0.2) is 0 Å². The van der Waals surface area contributed by atoms with Gasteiger partial charge in [-0.2, -0.15) is 5.10 Å². The van der Waals surface area contributed by atoms with E-state index in [1.54, 1.807) is 12.1 Å². The summed E-state index contributed by atoms with van der Waals surface area (Å²) in [5, 5.41) is 24.5. The van der Waals surface area contributed by atoms with Gasteiger partial charge >= 0.3 is 0 Å². The number of hydrogen-bond donors (Lipinski definition) is 2. The maximum Gasteiger partial charge on any atom is 0.203 e. The average molecular weight is 420 g/mol. The van der Waals surface area contributed by atoms with Gasteiger partial charge in [0, 0.05) is 16.5 Å². The van der Waals surface area contributed by atoms with E-state index in [1.807, 2.05) is 23.7 Å². The third-order valence-corrected chi connectivity index (χ3v) is 6.36. The Hall–Kier alpha value is -3.96. The van der Waals surface area contributed by atoms with Gasteiger partial charge in [0.25, 0.3) is 0 Å². The van der Waals surface area contributed by atoms with Crippen molar-refractivity contribution in [1.29, 1.82) is 0 Å². The molecule has 0 unspecified atom stereocenters. The summed E-state index contributed by atoms with van der Waals surface area (Å²) >= 11 is 1.45. The van der Waals surface area contributed by atoms with Crippen molar-refractivity contribution in [3.05, 3.63) is 89.8 Å². The van der Waals surface area contributed by atoms with E-state index in [9.17, 15) is 5.11 Å². The lowest BCUT2D eigenvalue weighted by atomic mass is 9.92. The Balaban J connectivity index is 1.34. The summed E-state index contributed by atoms with van der Waals surface area (Å²) in [6, 6.07) is 26.6. The highest BCUT2D eigenvalue weighted by Gasteiger charge is 2.10. The molecule has 0 saturated heterocycles. The first-order valence-electron chi connectivity index (χ1n) is 9.97. The van der Waals surface area contributed by atoms with E-state index >= 15 is 0 Å². The SMILES string of the molecule is Oc1ccccc1-c1csc(N/N=C/c2ccc3ccc4cccc5ccc2c3c45)n1. The first-order valence-corrected chi connectivity index (χ1v) is 10.9. The lowest BCUT2D eigenvalue weighted by Gasteiger charge is -2.12. The van der Waals surface area contributed by atoms with Gasteiger partial charge < -0.3 is 5.11 Å². The largest absolute Gasteiger partial charge is 0.507 e. The predicted octanol–water partition coefficient (Wildman–Crippen LogP) is 6.86. The number of nitrogens with one attached hydrogen (secondary N) is 1. The lowest BCUT2D eigenvalue weighted by Crippen LogP contribution is -1.92. The molecule has 31 heavy (non-hydrogen) atoms. The van der Waals surface area contributed by atoms with Crippen LogP contribution in [0.5, 0.6) is 5.75 Å². The lowest BCUT2D eigenvalue weighted by molar-refractivity contribution is 0.477. The van der Waals surface area contributed by atoms with Crippen LogP contribution in [0.3, 0.4) is 0 Å². The van der Waals surface area contributed by atoms with Crippen molar-refractivity contribution in [3.63, 3.8) is 0 Å². The Morgan fingerprint density at radius 2 is 1.55 bits per heavy atom. The number of rotatable bonds is 4. The second kappa shape index (κ2) is 7.07. The summed E-state index contributed by atoms with van der Waals surface area (Å²) in [5.41, 5.74) is 5.51. The number of benzene rings is 5. The molecule has 0 spiro atoms. The molecular formula is C26H17N3OS. The summed E-state index contributed by atoms with van der Waals surface area (Å²) in [4.78, 5) is 4.54. The molecule has 6 aromatic rings. The van der Waals surface area contributed by atoms with Crippen LogP contribution in [0.25, 0.3) is 43.6 Å². The van der Waals surface area contributed by atoms with Crippen LogP contribution in [0.15, 0.2) is 89.3 Å². The number of hydrogen-bond acceptors (Lipinski definition) is 5. The number of hydrazone groups is 1. The highest BCUT2D eigenvalue weighted by atomic mass is 32.1. The van der Waals surface area contributed by atoms with Crippen LogP contribution >= 0.6 is 11.3 Å². The summed E-state index contributed by atoms with van der Waals surface area (Å²) in [5.74, 6) is 0.219. The second-order valence-corrected chi connectivity index (χ2v) is 8.29. The molecule has 5 aromatic carbocycles. The number of nitrogens with zero attached hydrogens (tertiary/aromatic N) is 2. The van der Waals surface area contributed by atoms with Crippen LogP contribution in [0.4, 0.5) is 5.13 Å². The number of aromatic nitrogens is 1. The van der Waals surface area contributed by atoms with Gasteiger partial charge in [0.1, 0.15) is 5.75 Å². The number of aromatic hydroxyl groups is 1. The molecule has 0 saturated carbocycles. The summed E-state index contributed by atoms with van der Waals surface area (Å²) < 4.78 is 0. The zero-order valence-corrected chi connectivity index (χ0v) is 17.2. The molecule has 6 rings (SSSR count). The molecule has 0 fully saturated rings. The first kappa shape index (κ1) is 17.9. The van der Waals surface area contributed by atoms with Crippen LogP contribution in [0, 0.1) is 0 Å².